The summed E-state index contributed by atoms with van der Waals surface area (Å²) in [7, 11) is 0. The van der Waals surface area contributed by atoms with E-state index in [2.05, 4.69) is 27.8 Å². The molecule has 0 radical (unpaired) electrons. The normalized spacial score (nSPS) is 10.6. The predicted molar refractivity (Wildman–Crippen MR) is 103 cm³/mol. The molecule has 0 saturated carbocycles. The highest BCUT2D eigenvalue weighted by molar-refractivity contribution is 5.94. The van der Waals surface area contributed by atoms with Gasteiger partial charge in [-0.25, -0.2) is 0 Å². The van der Waals surface area contributed by atoms with Crippen LogP contribution in [0.25, 0.3) is 10.9 Å². The molecule has 3 rings (SSSR count). The lowest BCUT2D eigenvalue weighted by Gasteiger charge is -2.07. The number of aromatic amines is 1. The fourth-order valence-electron chi connectivity index (χ4n) is 2.94. The van der Waals surface area contributed by atoms with Gasteiger partial charge in [0.25, 0.3) is 5.91 Å². The van der Waals surface area contributed by atoms with E-state index < -0.39 is 0 Å². The lowest BCUT2D eigenvalue weighted by Crippen LogP contribution is -2.34. The Hall–Kier alpha value is -3.08. The van der Waals surface area contributed by atoms with E-state index in [-0.39, 0.29) is 11.8 Å². The average molecular weight is 349 g/mol. The van der Waals surface area contributed by atoms with Crippen LogP contribution in [0.4, 0.5) is 0 Å². The predicted octanol–water partition coefficient (Wildman–Crippen LogP) is 3.04. The van der Waals surface area contributed by atoms with Gasteiger partial charge in [-0.1, -0.05) is 36.4 Å². The van der Waals surface area contributed by atoms with Gasteiger partial charge in [-0.2, -0.15) is 0 Å². The van der Waals surface area contributed by atoms with Crippen LogP contribution in [0, 0.1) is 0 Å². The highest BCUT2D eigenvalue weighted by atomic mass is 16.2. The Morgan fingerprint density at radius 3 is 2.46 bits per heavy atom. The molecule has 1 heterocycles. The minimum atomic E-state index is -0.126. The second-order valence-electron chi connectivity index (χ2n) is 6.18. The van der Waals surface area contributed by atoms with Gasteiger partial charge in [-0.05, 0) is 36.6 Å². The Kier molecular flexibility index (Phi) is 6.04. The maximum atomic E-state index is 11.9. The van der Waals surface area contributed by atoms with E-state index in [1.165, 1.54) is 10.9 Å². The number of amides is 2. The summed E-state index contributed by atoms with van der Waals surface area (Å²) >= 11 is 0. The van der Waals surface area contributed by atoms with Gasteiger partial charge in [0.15, 0.2) is 0 Å². The molecule has 0 atom stereocenters. The maximum Gasteiger partial charge on any atom is 0.251 e. The van der Waals surface area contributed by atoms with Crippen molar-refractivity contribution in [1.82, 2.24) is 15.6 Å². The Labute approximate surface area is 152 Å². The number of carbonyl (C=O) groups is 2. The molecular weight excluding hydrogens is 326 g/mol. The summed E-state index contributed by atoms with van der Waals surface area (Å²) in [6.07, 6.45) is 4.15. The van der Waals surface area contributed by atoms with Gasteiger partial charge >= 0.3 is 0 Å². The van der Waals surface area contributed by atoms with Crippen LogP contribution in [-0.4, -0.2) is 29.9 Å². The zero-order chi connectivity index (χ0) is 18.2. The average Bonchev–Trinajstić information content (AvgIpc) is 3.09. The standard InChI is InChI=1S/C21H23N3O2/c25-20(22-13-14-23-21(26)16-7-2-1-3-8-16)12-6-9-17-15-24-19-11-5-4-10-18(17)19/h1-5,7-8,10-11,15,24H,6,9,12-14H2,(H,22,25)(H,23,26). The monoisotopic (exact) mass is 349 g/mol. The van der Waals surface area contributed by atoms with E-state index in [1.807, 2.05) is 36.5 Å². The molecule has 134 valence electrons. The zero-order valence-electron chi connectivity index (χ0n) is 14.6. The fraction of sp³-hybridized carbons (Fsp3) is 0.238. The Balaban J connectivity index is 1.33. The summed E-state index contributed by atoms with van der Waals surface area (Å²) in [4.78, 5) is 27.0. The van der Waals surface area contributed by atoms with Crippen molar-refractivity contribution in [3.8, 4) is 0 Å². The van der Waals surface area contributed by atoms with Gasteiger partial charge in [0.2, 0.25) is 5.91 Å². The van der Waals surface area contributed by atoms with Crippen LogP contribution < -0.4 is 10.6 Å². The molecule has 26 heavy (non-hydrogen) atoms. The van der Waals surface area contributed by atoms with E-state index in [4.69, 9.17) is 0 Å². The molecule has 3 aromatic rings. The lowest BCUT2D eigenvalue weighted by molar-refractivity contribution is -0.121. The molecule has 5 heteroatoms. The summed E-state index contributed by atoms with van der Waals surface area (Å²) in [5.74, 6) is -0.113. The maximum absolute atomic E-state index is 11.9. The number of nitrogens with one attached hydrogen (secondary N) is 3. The SMILES string of the molecule is O=C(CCCc1c[nH]c2ccccc12)NCCNC(=O)c1ccccc1. The first-order chi connectivity index (χ1) is 12.7. The van der Waals surface area contributed by atoms with Crippen molar-refractivity contribution in [3.63, 3.8) is 0 Å². The number of para-hydroxylation sites is 1. The van der Waals surface area contributed by atoms with Gasteiger partial charge in [0, 0.05) is 42.2 Å². The highest BCUT2D eigenvalue weighted by Crippen LogP contribution is 2.19. The van der Waals surface area contributed by atoms with E-state index in [1.54, 1.807) is 12.1 Å². The topological polar surface area (TPSA) is 74.0 Å². The molecule has 0 unspecified atom stereocenters. The first kappa shape index (κ1) is 17.7. The number of H-pyrrole nitrogens is 1. The minimum Gasteiger partial charge on any atom is -0.361 e. The summed E-state index contributed by atoms with van der Waals surface area (Å²) in [6, 6.07) is 17.2. The molecule has 3 N–H and O–H groups in total. The molecule has 0 bridgehead atoms. The molecule has 2 aromatic carbocycles. The molecule has 0 saturated heterocycles. The quantitative estimate of drug-likeness (QED) is 0.547. The second kappa shape index (κ2) is 8.85. The third-order valence-corrected chi connectivity index (χ3v) is 4.29. The number of aromatic nitrogens is 1. The van der Waals surface area contributed by atoms with Crippen LogP contribution >= 0.6 is 0 Å². The van der Waals surface area contributed by atoms with Crippen molar-refractivity contribution in [2.45, 2.75) is 19.3 Å². The zero-order valence-corrected chi connectivity index (χ0v) is 14.6. The fourth-order valence-corrected chi connectivity index (χ4v) is 2.94. The van der Waals surface area contributed by atoms with Gasteiger partial charge in [0.1, 0.15) is 0 Å². The Morgan fingerprint density at radius 2 is 1.62 bits per heavy atom. The Bertz CT molecular complexity index is 871. The van der Waals surface area contributed by atoms with Gasteiger partial charge in [0.05, 0.1) is 0 Å². The number of benzene rings is 2. The van der Waals surface area contributed by atoms with Crippen molar-refractivity contribution in [2.24, 2.45) is 0 Å². The first-order valence-electron chi connectivity index (χ1n) is 8.89. The van der Waals surface area contributed by atoms with E-state index in [9.17, 15) is 9.59 Å². The summed E-state index contributed by atoms with van der Waals surface area (Å²) < 4.78 is 0. The van der Waals surface area contributed by atoms with Crippen LogP contribution in [0.15, 0.2) is 60.8 Å². The van der Waals surface area contributed by atoms with Crippen molar-refractivity contribution in [2.75, 3.05) is 13.1 Å². The molecule has 5 nitrogen and oxygen atoms in total. The largest absolute Gasteiger partial charge is 0.361 e. The molecule has 0 aliphatic rings. The molecule has 0 fully saturated rings. The molecule has 2 amide bonds. The highest BCUT2D eigenvalue weighted by Gasteiger charge is 2.06. The lowest BCUT2D eigenvalue weighted by atomic mass is 10.1. The van der Waals surface area contributed by atoms with Gasteiger partial charge in [-0.15, -0.1) is 0 Å². The van der Waals surface area contributed by atoms with Crippen molar-refractivity contribution < 1.29 is 9.59 Å². The van der Waals surface area contributed by atoms with E-state index >= 15 is 0 Å². The number of hydrogen-bond acceptors (Lipinski definition) is 2. The van der Waals surface area contributed by atoms with Crippen LogP contribution in [0.1, 0.15) is 28.8 Å². The smallest absolute Gasteiger partial charge is 0.251 e. The molecular formula is C21H23N3O2. The first-order valence-corrected chi connectivity index (χ1v) is 8.89. The van der Waals surface area contributed by atoms with Crippen LogP contribution in [0.5, 0.6) is 0 Å². The molecule has 0 aliphatic carbocycles. The third-order valence-electron chi connectivity index (χ3n) is 4.29. The van der Waals surface area contributed by atoms with E-state index in [0.717, 1.165) is 18.4 Å². The van der Waals surface area contributed by atoms with Gasteiger partial charge < -0.3 is 15.6 Å². The molecule has 0 spiro atoms. The second-order valence-corrected chi connectivity index (χ2v) is 6.18. The van der Waals surface area contributed by atoms with Crippen LogP contribution in [0.3, 0.4) is 0 Å². The number of rotatable bonds is 8. The molecule has 0 aliphatic heterocycles. The Morgan fingerprint density at radius 1 is 0.885 bits per heavy atom. The number of carbonyl (C=O) groups excluding carboxylic acids is 2. The van der Waals surface area contributed by atoms with E-state index in [0.29, 0.717) is 25.1 Å². The van der Waals surface area contributed by atoms with Crippen LogP contribution in [-0.2, 0) is 11.2 Å². The number of fused-ring (bicyclic) bond motifs is 1. The summed E-state index contributed by atoms with van der Waals surface area (Å²) in [5, 5.41) is 6.86. The number of aryl methyl sites for hydroxylation is 1. The third kappa shape index (κ3) is 4.72. The minimum absolute atomic E-state index is 0.0128. The molecule has 1 aromatic heterocycles. The van der Waals surface area contributed by atoms with Crippen molar-refractivity contribution in [1.29, 1.82) is 0 Å². The van der Waals surface area contributed by atoms with Crippen LogP contribution in [0.2, 0.25) is 0 Å². The van der Waals surface area contributed by atoms with Gasteiger partial charge in [-0.3, -0.25) is 9.59 Å². The van der Waals surface area contributed by atoms with Crippen molar-refractivity contribution in [3.05, 3.63) is 71.9 Å². The number of hydrogen-bond donors (Lipinski definition) is 3. The summed E-state index contributed by atoms with van der Waals surface area (Å²) in [6.45, 7) is 0.854. The van der Waals surface area contributed by atoms with Crippen molar-refractivity contribution >= 4 is 22.7 Å². The summed E-state index contributed by atoms with van der Waals surface area (Å²) in [5.41, 5.74) is 2.99.